The van der Waals surface area contributed by atoms with Gasteiger partial charge in [0.25, 0.3) is 5.69 Å². The molecule has 166 valence electrons. The van der Waals surface area contributed by atoms with Crippen molar-refractivity contribution in [3.63, 3.8) is 0 Å². The standard InChI is InChI=1S/C23H23N3O5S/c1-17-9-6-7-14-21(17)23(18-10-4-3-5-11-18)24-22(27)16-25(32(2,30)31)19-12-8-13-20(15-19)26(28)29/h3-15,23H,16H2,1-2H3,(H,24,27)/t23-/m1/s1. The van der Waals surface area contributed by atoms with E-state index in [0.717, 1.165) is 33.3 Å². The third-order valence-electron chi connectivity index (χ3n) is 4.95. The molecule has 0 spiro atoms. The molecule has 0 unspecified atom stereocenters. The number of nitrogens with one attached hydrogen (secondary N) is 1. The fraction of sp³-hybridized carbons (Fsp3) is 0.174. The van der Waals surface area contributed by atoms with Crippen molar-refractivity contribution in [2.24, 2.45) is 0 Å². The number of nitro benzene ring substituents is 1. The Morgan fingerprint density at radius 2 is 1.69 bits per heavy atom. The maximum absolute atomic E-state index is 13.0. The Kier molecular flexibility index (Phi) is 6.89. The lowest BCUT2D eigenvalue weighted by Crippen LogP contribution is -2.42. The number of hydrogen-bond acceptors (Lipinski definition) is 5. The van der Waals surface area contributed by atoms with Gasteiger partial charge in [-0.25, -0.2) is 8.42 Å². The minimum atomic E-state index is -3.88. The van der Waals surface area contributed by atoms with Gasteiger partial charge in [0.2, 0.25) is 15.9 Å². The highest BCUT2D eigenvalue weighted by Crippen LogP contribution is 2.26. The van der Waals surface area contributed by atoms with E-state index in [1.54, 1.807) is 0 Å². The van der Waals surface area contributed by atoms with Gasteiger partial charge in [0.15, 0.2) is 0 Å². The average molecular weight is 454 g/mol. The molecule has 0 heterocycles. The van der Waals surface area contributed by atoms with Crippen LogP contribution in [0.15, 0.2) is 78.9 Å². The number of nitro groups is 1. The van der Waals surface area contributed by atoms with Gasteiger partial charge in [0.1, 0.15) is 6.54 Å². The molecule has 0 aromatic heterocycles. The molecule has 0 fully saturated rings. The van der Waals surface area contributed by atoms with E-state index in [9.17, 15) is 23.3 Å². The quantitative estimate of drug-likeness (QED) is 0.414. The summed E-state index contributed by atoms with van der Waals surface area (Å²) in [6.45, 7) is 1.42. The van der Waals surface area contributed by atoms with Gasteiger partial charge in [-0.05, 0) is 29.7 Å². The van der Waals surface area contributed by atoms with Gasteiger partial charge >= 0.3 is 0 Å². The summed E-state index contributed by atoms with van der Waals surface area (Å²) >= 11 is 0. The van der Waals surface area contributed by atoms with E-state index < -0.39 is 33.4 Å². The highest BCUT2D eigenvalue weighted by atomic mass is 32.2. The number of rotatable bonds is 8. The molecule has 3 aromatic carbocycles. The van der Waals surface area contributed by atoms with Crippen LogP contribution in [0, 0.1) is 17.0 Å². The second-order valence-corrected chi connectivity index (χ2v) is 9.22. The first-order valence-corrected chi connectivity index (χ1v) is 11.6. The van der Waals surface area contributed by atoms with Crippen LogP contribution in [0.4, 0.5) is 11.4 Å². The molecule has 0 aliphatic carbocycles. The second kappa shape index (κ2) is 9.61. The van der Waals surface area contributed by atoms with Crippen LogP contribution >= 0.6 is 0 Å². The van der Waals surface area contributed by atoms with Crippen molar-refractivity contribution in [1.82, 2.24) is 5.32 Å². The lowest BCUT2D eigenvalue weighted by Gasteiger charge is -2.25. The van der Waals surface area contributed by atoms with Gasteiger partial charge in [0, 0.05) is 12.1 Å². The molecule has 0 aliphatic rings. The first-order valence-electron chi connectivity index (χ1n) is 9.79. The Morgan fingerprint density at radius 1 is 1.03 bits per heavy atom. The number of carbonyl (C=O) groups is 1. The van der Waals surface area contributed by atoms with Crippen LogP contribution in [0.5, 0.6) is 0 Å². The summed E-state index contributed by atoms with van der Waals surface area (Å²) in [5.41, 5.74) is 2.48. The van der Waals surface area contributed by atoms with Crippen molar-refractivity contribution < 1.29 is 18.1 Å². The van der Waals surface area contributed by atoms with E-state index in [1.807, 2.05) is 61.5 Å². The zero-order chi connectivity index (χ0) is 23.3. The molecule has 32 heavy (non-hydrogen) atoms. The summed E-state index contributed by atoms with van der Waals surface area (Å²) < 4.78 is 25.7. The molecule has 0 aliphatic heterocycles. The fourth-order valence-corrected chi connectivity index (χ4v) is 4.24. The summed E-state index contributed by atoms with van der Waals surface area (Å²) in [7, 11) is -3.88. The average Bonchev–Trinajstić information content (AvgIpc) is 2.76. The van der Waals surface area contributed by atoms with Gasteiger partial charge in [0.05, 0.1) is 22.9 Å². The summed E-state index contributed by atoms with van der Waals surface area (Å²) in [4.78, 5) is 23.5. The molecule has 1 atom stereocenters. The van der Waals surface area contributed by atoms with E-state index in [2.05, 4.69) is 5.32 Å². The third-order valence-corrected chi connectivity index (χ3v) is 6.09. The maximum atomic E-state index is 13.0. The monoisotopic (exact) mass is 453 g/mol. The smallest absolute Gasteiger partial charge is 0.271 e. The van der Waals surface area contributed by atoms with Gasteiger partial charge in [-0.2, -0.15) is 0 Å². The SMILES string of the molecule is Cc1ccccc1[C@H](NC(=O)CN(c1cccc([N+](=O)[O-])c1)S(C)(=O)=O)c1ccccc1. The Hall–Kier alpha value is -3.72. The predicted molar refractivity (Wildman–Crippen MR) is 123 cm³/mol. The molecular formula is C23H23N3O5S. The van der Waals surface area contributed by atoms with Crippen LogP contribution in [0.2, 0.25) is 0 Å². The lowest BCUT2D eigenvalue weighted by atomic mass is 9.95. The molecule has 9 heteroatoms. The third kappa shape index (κ3) is 5.50. The predicted octanol–water partition coefficient (Wildman–Crippen LogP) is 3.58. The first kappa shape index (κ1) is 23.0. The molecule has 8 nitrogen and oxygen atoms in total. The summed E-state index contributed by atoms with van der Waals surface area (Å²) in [5.74, 6) is -0.543. The Balaban J connectivity index is 1.92. The number of nitrogens with zero attached hydrogens (tertiary/aromatic N) is 2. The van der Waals surface area contributed by atoms with Gasteiger partial charge in [-0.15, -0.1) is 0 Å². The minimum absolute atomic E-state index is 0.0454. The van der Waals surface area contributed by atoms with Crippen LogP contribution < -0.4 is 9.62 Å². The minimum Gasteiger partial charge on any atom is -0.344 e. The van der Waals surface area contributed by atoms with Gasteiger partial charge in [-0.3, -0.25) is 19.2 Å². The van der Waals surface area contributed by atoms with Crippen LogP contribution in [-0.2, 0) is 14.8 Å². The molecule has 0 radical (unpaired) electrons. The number of hydrogen-bond donors (Lipinski definition) is 1. The highest BCUT2D eigenvalue weighted by molar-refractivity contribution is 7.92. The number of anilines is 1. The maximum Gasteiger partial charge on any atom is 0.271 e. The number of aryl methyl sites for hydroxylation is 1. The van der Waals surface area contributed by atoms with Crippen LogP contribution in [-0.4, -0.2) is 32.0 Å². The zero-order valence-electron chi connectivity index (χ0n) is 17.6. The number of non-ortho nitro benzene ring substituents is 1. The molecule has 0 saturated carbocycles. The fourth-order valence-electron chi connectivity index (χ4n) is 3.40. The topological polar surface area (TPSA) is 110 Å². The van der Waals surface area contributed by atoms with Crippen molar-refractivity contribution in [3.05, 3.63) is 106 Å². The molecule has 1 amide bonds. The molecule has 3 aromatic rings. The van der Waals surface area contributed by atoms with E-state index in [0.29, 0.717) is 0 Å². The molecule has 0 bridgehead atoms. The van der Waals surface area contributed by atoms with Crippen LogP contribution in [0.25, 0.3) is 0 Å². The van der Waals surface area contributed by atoms with Gasteiger partial charge < -0.3 is 5.32 Å². The summed E-state index contributed by atoms with van der Waals surface area (Å²) in [6, 6.07) is 21.7. The summed E-state index contributed by atoms with van der Waals surface area (Å²) in [6.07, 6.45) is 0.954. The number of sulfonamides is 1. The second-order valence-electron chi connectivity index (χ2n) is 7.31. The normalized spacial score (nSPS) is 12.1. The Bertz CT molecular complexity index is 1230. The van der Waals surface area contributed by atoms with Crippen molar-refractivity contribution in [2.75, 3.05) is 17.1 Å². The van der Waals surface area contributed by atoms with Crippen molar-refractivity contribution in [3.8, 4) is 0 Å². The van der Waals surface area contributed by atoms with Crippen molar-refractivity contribution >= 4 is 27.3 Å². The largest absolute Gasteiger partial charge is 0.344 e. The molecule has 1 N–H and O–H groups in total. The Morgan fingerprint density at radius 3 is 2.31 bits per heavy atom. The van der Waals surface area contributed by atoms with E-state index in [1.165, 1.54) is 18.2 Å². The van der Waals surface area contributed by atoms with E-state index in [4.69, 9.17) is 0 Å². The molecule has 0 saturated heterocycles. The van der Waals surface area contributed by atoms with Crippen molar-refractivity contribution in [2.45, 2.75) is 13.0 Å². The van der Waals surface area contributed by atoms with E-state index in [-0.39, 0.29) is 11.4 Å². The van der Waals surface area contributed by atoms with Crippen LogP contribution in [0.1, 0.15) is 22.7 Å². The zero-order valence-corrected chi connectivity index (χ0v) is 18.5. The van der Waals surface area contributed by atoms with E-state index >= 15 is 0 Å². The van der Waals surface area contributed by atoms with Gasteiger partial charge in [-0.1, -0.05) is 60.7 Å². The van der Waals surface area contributed by atoms with Crippen molar-refractivity contribution in [1.29, 1.82) is 0 Å². The highest BCUT2D eigenvalue weighted by Gasteiger charge is 2.25. The lowest BCUT2D eigenvalue weighted by molar-refractivity contribution is -0.384. The molecule has 3 rings (SSSR count). The Labute approximate surface area is 186 Å². The number of benzene rings is 3. The number of amides is 1. The molecular weight excluding hydrogens is 430 g/mol. The summed E-state index contributed by atoms with van der Waals surface area (Å²) in [5, 5.41) is 14.0. The number of carbonyl (C=O) groups excluding carboxylic acids is 1. The van der Waals surface area contributed by atoms with Crippen LogP contribution in [0.3, 0.4) is 0 Å². The first-order chi connectivity index (χ1) is 15.2.